The van der Waals surface area contributed by atoms with Gasteiger partial charge in [-0.1, -0.05) is 53.5 Å². The molecule has 0 aliphatic rings. The van der Waals surface area contributed by atoms with Gasteiger partial charge >= 0.3 is 5.97 Å². The third-order valence-corrected chi connectivity index (χ3v) is 5.67. The van der Waals surface area contributed by atoms with Crippen LogP contribution < -0.4 is 5.32 Å². The van der Waals surface area contributed by atoms with E-state index in [0.717, 1.165) is 17.4 Å². The molecule has 1 aromatic heterocycles. The summed E-state index contributed by atoms with van der Waals surface area (Å²) in [6.07, 6.45) is 1.04. The van der Waals surface area contributed by atoms with E-state index in [1.807, 2.05) is 0 Å². The maximum absolute atomic E-state index is 14.6. The van der Waals surface area contributed by atoms with Gasteiger partial charge in [0.15, 0.2) is 5.83 Å². The minimum Gasteiger partial charge on any atom is -0.456 e. The number of ether oxygens (including phenoxy) is 1. The number of hydrogen-bond acceptors (Lipinski definition) is 4. The van der Waals surface area contributed by atoms with Crippen molar-refractivity contribution in [1.82, 2.24) is 0 Å². The van der Waals surface area contributed by atoms with Crippen LogP contribution in [0.25, 0.3) is 17.2 Å². The average molecular weight is 492 g/mol. The SMILES string of the molecule is CC(C)(C)OC(=O)c1c(-c2ccc(Cl)cc2)csc1NC(=O)C(F)=Cc1ccccc1Cl. The normalized spacial score (nSPS) is 11.9. The third-order valence-electron chi connectivity index (χ3n) is 4.18. The number of hydrogen-bond donors (Lipinski definition) is 1. The smallest absolute Gasteiger partial charge is 0.342 e. The molecule has 3 aromatic rings. The number of rotatable bonds is 5. The Morgan fingerprint density at radius 1 is 1.06 bits per heavy atom. The first-order valence-electron chi connectivity index (χ1n) is 9.59. The molecule has 0 saturated carbocycles. The molecule has 0 fully saturated rings. The summed E-state index contributed by atoms with van der Waals surface area (Å²) in [4.78, 5) is 25.5. The highest BCUT2D eigenvalue weighted by molar-refractivity contribution is 7.15. The fourth-order valence-corrected chi connectivity index (χ4v) is 4.05. The minimum atomic E-state index is -1.05. The summed E-state index contributed by atoms with van der Waals surface area (Å²) in [5.74, 6) is -2.68. The molecule has 0 aliphatic heterocycles. The number of esters is 1. The number of halogens is 3. The van der Waals surface area contributed by atoms with Crippen molar-refractivity contribution in [3.05, 3.63) is 80.9 Å². The summed E-state index contributed by atoms with van der Waals surface area (Å²) in [5.41, 5.74) is 1.01. The number of carbonyl (C=O) groups is 2. The van der Waals surface area contributed by atoms with Gasteiger partial charge < -0.3 is 10.1 Å². The van der Waals surface area contributed by atoms with Crippen LogP contribution in [0.15, 0.2) is 59.7 Å². The summed E-state index contributed by atoms with van der Waals surface area (Å²) in [7, 11) is 0. The van der Waals surface area contributed by atoms with Crippen molar-refractivity contribution in [2.45, 2.75) is 26.4 Å². The molecule has 166 valence electrons. The van der Waals surface area contributed by atoms with E-state index in [-0.39, 0.29) is 10.6 Å². The van der Waals surface area contributed by atoms with Crippen LogP contribution in [-0.2, 0) is 9.53 Å². The predicted molar refractivity (Wildman–Crippen MR) is 129 cm³/mol. The maximum atomic E-state index is 14.6. The Balaban J connectivity index is 1.97. The fraction of sp³-hybridized carbons (Fsp3) is 0.167. The Kier molecular flexibility index (Phi) is 7.39. The van der Waals surface area contributed by atoms with Crippen LogP contribution >= 0.6 is 34.5 Å². The molecule has 0 atom stereocenters. The number of anilines is 1. The molecule has 32 heavy (non-hydrogen) atoms. The zero-order valence-corrected chi connectivity index (χ0v) is 19.9. The van der Waals surface area contributed by atoms with Crippen molar-refractivity contribution in [3.63, 3.8) is 0 Å². The van der Waals surface area contributed by atoms with E-state index in [2.05, 4.69) is 5.32 Å². The molecule has 1 amide bonds. The Bertz CT molecular complexity index is 1180. The second-order valence-corrected chi connectivity index (χ2v) is 9.55. The van der Waals surface area contributed by atoms with Crippen molar-refractivity contribution >= 4 is 57.5 Å². The molecule has 0 spiro atoms. The lowest BCUT2D eigenvalue weighted by Crippen LogP contribution is -2.25. The van der Waals surface area contributed by atoms with Gasteiger partial charge in [-0.2, -0.15) is 0 Å². The molecule has 0 saturated heterocycles. The standard InChI is InChI=1S/C24H20Cl2FNO3S/c1-24(2,3)31-23(30)20-17(14-8-10-16(25)11-9-14)13-32-22(20)28-21(29)19(27)12-15-6-4-5-7-18(15)26/h4-13H,1-3H3,(H,28,29). The average Bonchev–Trinajstić information content (AvgIpc) is 3.12. The van der Waals surface area contributed by atoms with Crippen molar-refractivity contribution in [2.24, 2.45) is 0 Å². The number of benzene rings is 2. The number of nitrogens with one attached hydrogen (secondary N) is 1. The van der Waals surface area contributed by atoms with Gasteiger partial charge in [-0.05, 0) is 56.2 Å². The van der Waals surface area contributed by atoms with E-state index < -0.39 is 23.3 Å². The first kappa shape index (κ1) is 24.0. The van der Waals surface area contributed by atoms with Gasteiger partial charge in [0.25, 0.3) is 5.91 Å². The van der Waals surface area contributed by atoms with Crippen LogP contribution in [0, 0.1) is 0 Å². The molecule has 0 radical (unpaired) electrons. The highest BCUT2D eigenvalue weighted by atomic mass is 35.5. The Labute approximate surface area is 199 Å². The number of thiophene rings is 1. The van der Waals surface area contributed by atoms with Crippen LogP contribution in [0.2, 0.25) is 10.0 Å². The molecule has 1 N–H and O–H groups in total. The lowest BCUT2D eigenvalue weighted by molar-refractivity contribution is -0.114. The summed E-state index contributed by atoms with van der Waals surface area (Å²) >= 11 is 13.1. The van der Waals surface area contributed by atoms with E-state index in [0.29, 0.717) is 26.7 Å². The van der Waals surface area contributed by atoms with Crippen molar-refractivity contribution in [1.29, 1.82) is 0 Å². The maximum Gasteiger partial charge on any atom is 0.342 e. The van der Waals surface area contributed by atoms with E-state index in [4.69, 9.17) is 27.9 Å². The number of carbonyl (C=O) groups excluding carboxylic acids is 2. The quantitative estimate of drug-likeness (QED) is 0.294. The van der Waals surface area contributed by atoms with Gasteiger partial charge in [0.05, 0.1) is 0 Å². The topological polar surface area (TPSA) is 55.4 Å². The second kappa shape index (κ2) is 9.86. The van der Waals surface area contributed by atoms with Gasteiger partial charge in [-0.25, -0.2) is 9.18 Å². The highest BCUT2D eigenvalue weighted by Crippen LogP contribution is 2.37. The third kappa shape index (κ3) is 5.97. The van der Waals surface area contributed by atoms with Crippen LogP contribution in [0.3, 0.4) is 0 Å². The van der Waals surface area contributed by atoms with Crippen LogP contribution in [0.1, 0.15) is 36.7 Å². The first-order valence-corrected chi connectivity index (χ1v) is 11.2. The highest BCUT2D eigenvalue weighted by Gasteiger charge is 2.27. The van der Waals surface area contributed by atoms with Crippen molar-refractivity contribution in [3.8, 4) is 11.1 Å². The molecule has 3 rings (SSSR count). The molecular formula is C24H20Cl2FNO3S. The molecule has 0 aliphatic carbocycles. The van der Waals surface area contributed by atoms with E-state index in [9.17, 15) is 14.0 Å². The number of amides is 1. The lowest BCUT2D eigenvalue weighted by atomic mass is 10.0. The van der Waals surface area contributed by atoms with Gasteiger partial charge in [-0.15, -0.1) is 11.3 Å². The monoisotopic (exact) mass is 491 g/mol. The van der Waals surface area contributed by atoms with Crippen LogP contribution in [0.5, 0.6) is 0 Å². The van der Waals surface area contributed by atoms with Gasteiger partial charge in [-0.3, -0.25) is 4.79 Å². The van der Waals surface area contributed by atoms with Gasteiger partial charge in [0, 0.05) is 21.0 Å². The van der Waals surface area contributed by atoms with E-state index in [1.54, 1.807) is 74.7 Å². The fourth-order valence-electron chi connectivity index (χ4n) is 2.78. The summed E-state index contributed by atoms with van der Waals surface area (Å²) < 4.78 is 20.1. The van der Waals surface area contributed by atoms with E-state index in [1.165, 1.54) is 0 Å². The molecule has 0 bridgehead atoms. The molecule has 0 unspecified atom stereocenters. The summed E-state index contributed by atoms with van der Waals surface area (Å²) in [6, 6.07) is 13.5. The zero-order valence-electron chi connectivity index (χ0n) is 17.5. The van der Waals surface area contributed by atoms with Crippen molar-refractivity contribution < 1.29 is 18.7 Å². The Morgan fingerprint density at radius 2 is 1.72 bits per heavy atom. The van der Waals surface area contributed by atoms with E-state index >= 15 is 0 Å². The zero-order chi connectivity index (χ0) is 23.5. The Morgan fingerprint density at radius 3 is 2.34 bits per heavy atom. The van der Waals surface area contributed by atoms with Gasteiger partial charge in [0.2, 0.25) is 0 Å². The summed E-state index contributed by atoms with van der Waals surface area (Å²) in [6.45, 7) is 5.22. The van der Waals surface area contributed by atoms with Crippen molar-refractivity contribution in [2.75, 3.05) is 5.32 Å². The second-order valence-electron chi connectivity index (χ2n) is 7.83. The summed E-state index contributed by atoms with van der Waals surface area (Å²) in [5, 5.41) is 5.22. The Hall–Kier alpha value is -2.67. The molecule has 4 nitrogen and oxygen atoms in total. The molecule has 8 heteroatoms. The minimum absolute atomic E-state index is 0.145. The molecule has 1 heterocycles. The molecule has 2 aromatic carbocycles. The van der Waals surface area contributed by atoms with Crippen LogP contribution in [-0.4, -0.2) is 17.5 Å². The van der Waals surface area contributed by atoms with Gasteiger partial charge in [0.1, 0.15) is 16.2 Å². The molecular weight excluding hydrogens is 472 g/mol. The predicted octanol–water partition coefficient (Wildman–Crippen LogP) is 7.63. The lowest BCUT2D eigenvalue weighted by Gasteiger charge is -2.20. The van der Waals surface area contributed by atoms with Crippen LogP contribution in [0.4, 0.5) is 9.39 Å². The first-order chi connectivity index (χ1) is 15.0. The largest absolute Gasteiger partial charge is 0.456 e.